The number of hydrogen-bond acceptors (Lipinski definition) is 10. The molecule has 0 bridgehead atoms. The van der Waals surface area contributed by atoms with Crippen LogP contribution in [0.15, 0.2) is 46.3 Å². The number of anilines is 1. The van der Waals surface area contributed by atoms with Crippen LogP contribution >= 0.6 is 11.3 Å². The van der Waals surface area contributed by atoms with Crippen LogP contribution in [-0.2, 0) is 14.6 Å². The first-order valence-electron chi connectivity index (χ1n) is 11.2. The molecule has 1 amide bonds. The first-order valence-corrected chi connectivity index (χ1v) is 13.6. The fourth-order valence-corrected chi connectivity index (χ4v) is 5.19. The summed E-state index contributed by atoms with van der Waals surface area (Å²) in [7, 11) is -2.06. The molecule has 0 aliphatic rings. The van der Waals surface area contributed by atoms with Gasteiger partial charge in [-0.1, -0.05) is 30.4 Å². The summed E-state index contributed by atoms with van der Waals surface area (Å²) in [4.78, 5) is 12.5. The Kier molecular flexibility index (Phi) is 9.21. The third kappa shape index (κ3) is 7.52. The van der Waals surface area contributed by atoms with Crippen molar-refractivity contribution in [3.05, 3.63) is 58.7 Å². The molecule has 0 radical (unpaired) electrons. The largest absolute Gasteiger partial charge is 0.493 e. The number of sulfone groups is 1. The quantitative estimate of drug-likeness (QED) is 0.165. The molecular weight excluding hydrogens is 516 g/mol. The number of benzene rings is 2. The van der Waals surface area contributed by atoms with E-state index in [1.54, 1.807) is 18.2 Å². The predicted octanol–water partition coefficient (Wildman–Crippen LogP) is 3.96. The van der Waals surface area contributed by atoms with Crippen LogP contribution < -0.4 is 19.5 Å². The second-order valence-corrected chi connectivity index (χ2v) is 11.3. The molecule has 1 aromatic heterocycles. The van der Waals surface area contributed by atoms with E-state index in [-0.39, 0.29) is 27.4 Å². The molecule has 0 atom stereocenters. The Bertz CT molecular complexity index is 1440. The van der Waals surface area contributed by atoms with E-state index in [0.29, 0.717) is 23.7 Å². The van der Waals surface area contributed by atoms with Gasteiger partial charge in [0.25, 0.3) is 5.91 Å². The van der Waals surface area contributed by atoms with Gasteiger partial charge >= 0.3 is 0 Å². The second-order valence-electron chi connectivity index (χ2n) is 7.83. The van der Waals surface area contributed by atoms with Crippen molar-refractivity contribution >= 4 is 38.3 Å². The number of nitrogens with zero attached hydrogens (tertiary/aromatic N) is 3. The lowest BCUT2D eigenvalue weighted by Gasteiger charge is -2.13. The Morgan fingerprint density at radius 1 is 1.08 bits per heavy atom. The number of aromatic nitrogens is 2. The molecule has 0 fully saturated rings. The number of nitrogens with one attached hydrogen (secondary N) is 1. The summed E-state index contributed by atoms with van der Waals surface area (Å²) in [5.41, 5.74) is 2.54. The second kappa shape index (κ2) is 12.3. The number of ether oxygens (including phenoxy) is 3. The Balaban J connectivity index is 1.65. The van der Waals surface area contributed by atoms with Gasteiger partial charge in [-0.3, -0.25) is 10.1 Å². The van der Waals surface area contributed by atoms with E-state index in [9.17, 15) is 18.5 Å². The zero-order chi connectivity index (χ0) is 27.0. The lowest BCUT2D eigenvalue weighted by atomic mass is 10.1. The van der Waals surface area contributed by atoms with E-state index in [4.69, 9.17) is 14.2 Å². The number of methoxy groups -OCH3 is 1. The Labute approximate surface area is 219 Å². The fraction of sp³-hybridized carbons (Fsp3) is 0.280. The topological polar surface area (TPSA) is 140 Å². The number of carbonyl (C=O) groups is 1. The molecule has 194 valence electrons. The number of amides is 1. The normalized spacial score (nSPS) is 11.5. The summed E-state index contributed by atoms with van der Waals surface area (Å²) in [6.07, 6.45) is 1.37. The monoisotopic (exact) mass is 542 g/mol. The highest BCUT2D eigenvalue weighted by atomic mass is 32.2. The van der Waals surface area contributed by atoms with E-state index in [0.717, 1.165) is 28.2 Å². The number of nitriles is 1. The van der Waals surface area contributed by atoms with Crippen molar-refractivity contribution in [3.63, 3.8) is 0 Å². The first kappa shape index (κ1) is 27.6. The van der Waals surface area contributed by atoms with Crippen molar-refractivity contribution in [2.24, 2.45) is 0 Å². The molecule has 0 aliphatic heterocycles. The Morgan fingerprint density at radius 3 is 2.43 bits per heavy atom. The van der Waals surface area contributed by atoms with Gasteiger partial charge in [0.1, 0.15) is 30.6 Å². The van der Waals surface area contributed by atoms with E-state index in [1.807, 2.05) is 32.0 Å². The van der Waals surface area contributed by atoms with Crippen molar-refractivity contribution < 1.29 is 27.4 Å². The van der Waals surface area contributed by atoms with Gasteiger partial charge in [0, 0.05) is 0 Å². The van der Waals surface area contributed by atoms with Gasteiger partial charge in [-0.25, -0.2) is 8.42 Å². The number of hydrogen-bond donors (Lipinski definition) is 1. The highest BCUT2D eigenvalue weighted by Crippen LogP contribution is 2.29. The van der Waals surface area contributed by atoms with Crippen molar-refractivity contribution in [2.75, 3.05) is 31.4 Å². The zero-order valence-corrected chi connectivity index (χ0v) is 22.4. The van der Waals surface area contributed by atoms with Crippen molar-refractivity contribution in [3.8, 4) is 23.3 Å². The van der Waals surface area contributed by atoms with Crippen LogP contribution in [0.1, 0.15) is 23.6 Å². The Hall–Kier alpha value is -3.95. The molecule has 0 aliphatic carbocycles. The van der Waals surface area contributed by atoms with E-state index < -0.39 is 15.7 Å². The predicted molar refractivity (Wildman–Crippen MR) is 140 cm³/mol. The van der Waals surface area contributed by atoms with Crippen LogP contribution in [0.25, 0.3) is 6.08 Å². The minimum absolute atomic E-state index is 0.0254. The molecular formula is C25H26N4O6S2. The average molecular weight is 543 g/mol. The maximum Gasteiger partial charge on any atom is 0.268 e. The fourth-order valence-electron chi connectivity index (χ4n) is 3.21. The molecule has 3 rings (SSSR count). The molecule has 1 heterocycles. The summed E-state index contributed by atoms with van der Waals surface area (Å²) >= 11 is 0.719. The molecule has 0 spiro atoms. The van der Waals surface area contributed by atoms with Crippen LogP contribution in [0.5, 0.6) is 17.2 Å². The molecule has 12 heteroatoms. The van der Waals surface area contributed by atoms with E-state index >= 15 is 0 Å². The SMILES string of the molecule is CCS(=O)(=O)c1nnc(NC(=O)C(C#N)=Cc2ccc(OCCOc3cc(C)cc(C)c3)c(OC)c2)s1. The van der Waals surface area contributed by atoms with E-state index in [2.05, 4.69) is 21.6 Å². The van der Waals surface area contributed by atoms with Gasteiger partial charge in [-0.15, -0.1) is 10.2 Å². The molecule has 0 saturated carbocycles. The summed E-state index contributed by atoms with van der Waals surface area (Å²) in [5, 5.41) is 19.1. The molecule has 37 heavy (non-hydrogen) atoms. The minimum Gasteiger partial charge on any atom is -0.493 e. The highest BCUT2D eigenvalue weighted by molar-refractivity contribution is 7.93. The summed E-state index contributed by atoms with van der Waals surface area (Å²) < 4.78 is 40.5. The smallest absolute Gasteiger partial charge is 0.268 e. The highest BCUT2D eigenvalue weighted by Gasteiger charge is 2.20. The molecule has 10 nitrogen and oxygen atoms in total. The maximum absolute atomic E-state index is 12.5. The van der Waals surface area contributed by atoms with Crippen molar-refractivity contribution in [1.82, 2.24) is 10.2 Å². The number of rotatable bonds is 11. The van der Waals surface area contributed by atoms with Crippen LogP contribution in [0, 0.1) is 25.2 Å². The third-order valence-electron chi connectivity index (χ3n) is 4.94. The van der Waals surface area contributed by atoms with Crippen LogP contribution in [0.2, 0.25) is 0 Å². The minimum atomic E-state index is -3.55. The van der Waals surface area contributed by atoms with Gasteiger partial charge in [-0.2, -0.15) is 5.26 Å². The van der Waals surface area contributed by atoms with Crippen LogP contribution in [-0.4, -0.2) is 50.6 Å². The molecule has 0 unspecified atom stereocenters. The van der Waals surface area contributed by atoms with Gasteiger partial charge < -0.3 is 14.2 Å². The molecule has 1 N–H and O–H groups in total. The standard InChI is InChI=1S/C25H26N4O6S2/c1-5-37(31,32)25-29-28-24(36-25)27-23(30)19(15-26)13-18-6-7-21(22(14-18)33-4)35-9-8-34-20-11-16(2)10-17(3)12-20/h6-7,10-14H,5,8-9H2,1-4H3,(H,27,28,30). The molecule has 2 aromatic carbocycles. The summed E-state index contributed by atoms with van der Waals surface area (Å²) in [6.45, 7) is 6.10. The van der Waals surface area contributed by atoms with Crippen LogP contribution in [0.4, 0.5) is 5.13 Å². The number of carbonyl (C=O) groups excluding carboxylic acids is 1. The summed E-state index contributed by atoms with van der Waals surface area (Å²) in [6, 6.07) is 12.8. The van der Waals surface area contributed by atoms with E-state index in [1.165, 1.54) is 20.1 Å². The average Bonchev–Trinajstić information content (AvgIpc) is 3.34. The van der Waals surface area contributed by atoms with Gasteiger partial charge in [0.15, 0.2) is 11.5 Å². The number of aryl methyl sites for hydroxylation is 2. The zero-order valence-electron chi connectivity index (χ0n) is 20.8. The molecule has 3 aromatic rings. The summed E-state index contributed by atoms with van der Waals surface area (Å²) in [5.74, 6) is 0.774. The Morgan fingerprint density at radius 2 is 1.78 bits per heavy atom. The van der Waals surface area contributed by atoms with Gasteiger partial charge in [-0.05, 0) is 60.9 Å². The third-order valence-corrected chi connectivity index (χ3v) is 7.96. The van der Waals surface area contributed by atoms with Crippen molar-refractivity contribution in [2.45, 2.75) is 25.1 Å². The van der Waals surface area contributed by atoms with Crippen LogP contribution in [0.3, 0.4) is 0 Å². The van der Waals surface area contributed by atoms with Gasteiger partial charge in [0.05, 0.1) is 12.9 Å². The maximum atomic E-state index is 12.5. The van der Waals surface area contributed by atoms with Gasteiger partial charge in [0.2, 0.25) is 19.3 Å². The lowest BCUT2D eigenvalue weighted by molar-refractivity contribution is -0.112. The lowest BCUT2D eigenvalue weighted by Crippen LogP contribution is -2.13. The molecule has 0 saturated heterocycles. The van der Waals surface area contributed by atoms with Crippen molar-refractivity contribution in [1.29, 1.82) is 5.26 Å². The first-order chi connectivity index (χ1) is 17.6.